The van der Waals surface area contributed by atoms with E-state index in [2.05, 4.69) is 22.4 Å². The van der Waals surface area contributed by atoms with Gasteiger partial charge in [-0.1, -0.05) is 66.2 Å². The van der Waals surface area contributed by atoms with Gasteiger partial charge < -0.3 is 10.1 Å². The van der Waals surface area contributed by atoms with Crippen molar-refractivity contribution >= 4 is 23.4 Å². The van der Waals surface area contributed by atoms with Gasteiger partial charge in [-0.3, -0.25) is 9.36 Å². The molecule has 0 aliphatic heterocycles. The summed E-state index contributed by atoms with van der Waals surface area (Å²) in [7, 11) is 0. The molecule has 1 amide bonds. The van der Waals surface area contributed by atoms with Gasteiger partial charge in [0.2, 0.25) is 5.91 Å². The Hall–Kier alpha value is -3.58. The first kappa shape index (κ1) is 24.5. The lowest BCUT2D eigenvalue weighted by Crippen LogP contribution is -2.23. The zero-order chi connectivity index (χ0) is 24.8. The Bertz CT molecular complexity index is 1270. The van der Waals surface area contributed by atoms with E-state index >= 15 is 0 Å². The van der Waals surface area contributed by atoms with Crippen molar-refractivity contribution in [3.8, 4) is 11.4 Å². The summed E-state index contributed by atoms with van der Waals surface area (Å²) in [6, 6.07) is 24.0. The number of aryl methyl sites for hydroxylation is 3. The van der Waals surface area contributed by atoms with Crippen LogP contribution < -0.4 is 10.1 Å². The zero-order valence-corrected chi connectivity index (χ0v) is 21.3. The standard InChI is InChI=1S/C28H30N4O2S/c1-5-22-10-12-23(13-11-22)29-27(33)21(4)35-28-31-30-26(18-34-25-16-8-20(3)9-17-25)32(28)24-14-6-19(2)7-15-24/h6-17,21H,5,18H2,1-4H3,(H,29,33)/t21-/m0/s1. The van der Waals surface area contributed by atoms with Crippen LogP contribution in [0.2, 0.25) is 0 Å². The highest BCUT2D eigenvalue weighted by atomic mass is 32.2. The lowest BCUT2D eigenvalue weighted by molar-refractivity contribution is -0.115. The molecule has 1 aromatic heterocycles. The smallest absolute Gasteiger partial charge is 0.237 e. The topological polar surface area (TPSA) is 69.0 Å². The SMILES string of the molecule is CCc1ccc(NC(=O)[C@H](C)Sc2nnc(COc3ccc(C)cc3)n2-c2ccc(C)cc2)cc1. The second kappa shape index (κ2) is 11.2. The number of nitrogens with one attached hydrogen (secondary N) is 1. The molecule has 0 unspecified atom stereocenters. The number of carbonyl (C=O) groups excluding carboxylic acids is 1. The first-order valence-corrected chi connectivity index (χ1v) is 12.6. The number of hydrogen-bond donors (Lipinski definition) is 1. The predicted octanol–water partition coefficient (Wildman–Crippen LogP) is 6.14. The van der Waals surface area contributed by atoms with Crippen LogP contribution in [-0.2, 0) is 17.8 Å². The van der Waals surface area contributed by atoms with Gasteiger partial charge in [-0.2, -0.15) is 0 Å². The molecule has 4 rings (SSSR count). The summed E-state index contributed by atoms with van der Waals surface area (Å²) in [6.07, 6.45) is 0.963. The molecule has 0 saturated carbocycles. The van der Waals surface area contributed by atoms with E-state index in [-0.39, 0.29) is 17.8 Å². The molecule has 1 N–H and O–H groups in total. The maximum atomic E-state index is 12.9. The Morgan fingerprint density at radius 2 is 1.57 bits per heavy atom. The van der Waals surface area contributed by atoms with Gasteiger partial charge in [0.15, 0.2) is 11.0 Å². The molecule has 1 heterocycles. The molecule has 0 radical (unpaired) electrons. The van der Waals surface area contributed by atoms with E-state index in [0.29, 0.717) is 11.0 Å². The number of rotatable bonds is 9. The number of thioether (sulfide) groups is 1. The fourth-order valence-corrected chi connectivity index (χ4v) is 4.37. The van der Waals surface area contributed by atoms with Crippen molar-refractivity contribution in [1.29, 1.82) is 0 Å². The summed E-state index contributed by atoms with van der Waals surface area (Å²) in [5.74, 6) is 1.35. The number of hydrogen-bond acceptors (Lipinski definition) is 5. The Kier molecular flexibility index (Phi) is 7.87. The lowest BCUT2D eigenvalue weighted by atomic mass is 10.1. The maximum Gasteiger partial charge on any atom is 0.237 e. The second-order valence-corrected chi connectivity index (χ2v) is 9.78. The molecule has 0 saturated heterocycles. The summed E-state index contributed by atoms with van der Waals surface area (Å²) in [5, 5.41) is 12.1. The number of benzene rings is 3. The minimum Gasteiger partial charge on any atom is -0.486 e. The van der Waals surface area contributed by atoms with Crippen LogP contribution >= 0.6 is 11.8 Å². The van der Waals surface area contributed by atoms with Gasteiger partial charge in [0.1, 0.15) is 12.4 Å². The van der Waals surface area contributed by atoms with Crippen LogP contribution in [-0.4, -0.2) is 25.9 Å². The van der Waals surface area contributed by atoms with Gasteiger partial charge in [0.05, 0.1) is 5.25 Å². The fourth-order valence-electron chi connectivity index (χ4n) is 3.49. The number of amides is 1. The van der Waals surface area contributed by atoms with Gasteiger partial charge in [-0.05, 0) is 69.2 Å². The molecule has 0 aliphatic carbocycles. The normalized spacial score (nSPS) is 11.8. The van der Waals surface area contributed by atoms with E-state index in [1.165, 1.54) is 22.9 Å². The Balaban J connectivity index is 1.53. The first-order valence-electron chi connectivity index (χ1n) is 11.7. The highest BCUT2D eigenvalue weighted by Gasteiger charge is 2.21. The maximum absolute atomic E-state index is 12.9. The highest BCUT2D eigenvalue weighted by Crippen LogP contribution is 2.27. The quantitative estimate of drug-likeness (QED) is 0.288. The molecular weight excluding hydrogens is 456 g/mol. The molecule has 4 aromatic rings. The van der Waals surface area contributed by atoms with Gasteiger partial charge in [0.25, 0.3) is 0 Å². The van der Waals surface area contributed by atoms with E-state index in [9.17, 15) is 4.79 Å². The van der Waals surface area contributed by atoms with E-state index in [1.54, 1.807) is 0 Å². The molecule has 6 nitrogen and oxygen atoms in total. The van der Waals surface area contributed by atoms with Gasteiger partial charge in [-0.25, -0.2) is 0 Å². The van der Waals surface area contributed by atoms with Crippen molar-refractivity contribution in [3.05, 3.63) is 95.3 Å². The average Bonchev–Trinajstić information content (AvgIpc) is 3.26. The number of aromatic nitrogens is 3. The summed E-state index contributed by atoms with van der Waals surface area (Å²) in [5.41, 5.74) is 5.28. The van der Waals surface area contributed by atoms with E-state index < -0.39 is 0 Å². The zero-order valence-electron chi connectivity index (χ0n) is 20.5. The molecule has 0 spiro atoms. The molecule has 180 valence electrons. The van der Waals surface area contributed by atoms with Gasteiger partial charge >= 0.3 is 0 Å². The third kappa shape index (κ3) is 6.31. The molecule has 3 aromatic carbocycles. The van der Waals surface area contributed by atoms with Crippen molar-refractivity contribution in [2.45, 2.75) is 51.1 Å². The van der Waals surface area contributed by atoms with E-state index in [0.717, 1.165) is 29.1 Å². The van der Waals surface area contributed by atoms with Crippen molar-refractivity contribution in [1.82, 2.24) is 14.8 Å². The molecule has 0 fully saturated rings. The summed E-state index contributed by atoms with van der Waals surface area (Å²) in [4.78, 5) is 12.9. The lowest BCUT2D eigenvalue weighted by Gasteiger charge is -2.14. The molecule has 1 atom stereocenters. The van der Waals surface area contributed by atoms with Crippen molar-refractivity contribution in [2.75, 3.05) is 5.32 Å². The second-order valence-electron chi connectivity index (χ2n) is 8.47. The van der Waals surface area contributed by atoms with Crippen LogP contribution in [0.1, 0.15) is 36.4 Å². The third-order valence-corrected chi connectivity index (χ3v) is 6.71. The van der Waals surface area contributed by atoms with E-state index in [4.69, 9.17) is 4.74 Å². The number of ether oxygens (including phenoxy) is 1. The molecular formula is C28H30N4O2S. The highest BCUT2D eigenvalue weighted by molar-refractivity contribution is 8.00. The molecule has 0 bridgehead atoms. The van der Waals surface area contributed by atoms with Gasteiger partial charge in [0, 0.05) is 11.4 Å². The molecule has 7 heteroatoms. The van der Waals surface area contributed by atoms with Crippen LogP contribution in [0.25, 0.3) is 5.69 Å². The Morgan fingerprint density at radius 3 is 2.20 bits per heavy atom. The van der Waals surface area contributed by atoms with Crippen molar-refractivity contribution in [3.63, 3.8) is 0 Å². The summed E-state index contributed by atoms with van der Waals surface area (Å²) >= 11 is 1.37. The number of carbonyl (C=O) groups is 1. The van der Waals surface area contributed by atoms with Gasteiger partial charge in [-0.15, -0.1) is 10.2 Å². The number of nitrogens with zero attached hydrogens (tertiary/aromatic N) is 3. The first-order chi connectivity index (χ1) is 16.9. The average molecular weight is 487 g/mol. The summed E-state index contributed by atoms with van der Waals surface area (Å²) in [6.45, 7) is 8.33. The molecule has 35 heavy (non-hydrogen) atoms. The van der Waals surface area contributed by atoms with Crippen LogP contribution in [0.3, 0.4) is 0 Å². The molecule has 0 aliphatic rings. The van der Waals surface area contributed by atoms with Crippen molar-refractivity contribution in [2.24, 2.45) is 0 Å². The third-order valence-electron chi connectivity index (χ3n) is 5.66. The number of anilines is 1. The van der Waals surface area contributed by atoms with Crippen LogP contribution in [0.4, 0.5) is 5.69 Å². The minimum atomic E-state index is -0.375. The largest absolute Gasteiger partial charge is 0.486 e. The van der Waals surface area contributed by atoms with Crippen LogP contribution in [0, 0.1) is 13.8 Å². The van der Waals surface area contributed by atoms with E-state index in [1.807, 2.05) is 98.1 Å². The van der Waals surface area contributed by atoms with Crippen molar-refractivity contribution < 1.29 is 9.53 Å². The summed E-state index contributed by atoms with van der Waals surface area (Å²) < 4.78 is 7.94. The Morgan fingerprint density at radius 1 is 0.943 bits per heavy atom. The predicted molar refractivity (Wildman–Crippen MR) is 141 cm³/mol. The monoisotopic (exact) mass is 486 g/mol. The van der Waals surface area contributed by atoms with Crippen LogP contribution in [0.15, 0.2) is 78.0 Å². The Labute approximate surface area is 210 Å². The minimum absolute atomic E-state index is 0.0878. The van der Waals surface area contributed by atoms with Crippen LogP contribution in [0.5, 0.6) is 5.75 Å². The fraction of sp³-hybridized carbons (Fsp3) is 0.250.